The van der Waals surface area contributed by atoms with Crippen molar-refractivity contribution in [3.8, 4) is 0 Å². The van der Waals surface area contributed by atoms with Crippen molar-refractivity contribution in [2.24, 2.45) is 0 Å². The van der Waals surface area contributed by atoms with E-state index in [9.17, 15) is 4.79 Å². The Bertz CT molecular complexity index is 578. The van der Waals surface area contributed by atoms with E-state index in [1.54, 1.807) is 16.2 Å². The first-order chi connectivity index (χ1) is 10.2. The highest BCUT2D eigenvalue weighted by molar-refractivity contribution is 7.09. The highest BCUT2D eigenvalue weighted by Gasteiger charge is 2.31. The molecule has 1 amide bonds. The number of carbonyl (C=O) groups excluding carboxylic acids is 1. The molecular formula is C17H20N2OS. The Morgan fingerprint density at radius 1 is 1.19 bits per heavy atom. The van der Waals surface area contributed by atoms with Crippen molar-refractivity contribution in [1.82, 2.24) is 4.90 Å². The third-order valence-electron chi connectivity index (χ3n) is 3.86. The largest absolute Gasteiger partial charge is 0.314 e. The van der Waals surface area contributed by atoms with E-state index in [2.05, 4.69) is 22.4 Å². The van der Waals surface area contributed by atoms with Crippen LogP contribution in [0.4, 0.5) is 5.69 Å². The molecule has 1 aliphatic rings. The van der Waals surface area contributed by atoms with E-state index in [0.717, 1.165) is 12.2 Å². The number of likely N-dealkylation sites (N-methyl/N-ethyl adjacent to an activating group) is 1. The number of anilines is 1. The Morgan fingerprint density at radius 2 is 1.95 bits per heavy atom. The number of nitrogens with zero attached hydrogens (tertiary/aromatic N) is 2. The lowest BCUT2D eigenvalue weighted by Gasteiger charge is -2.24. The molecule has 0 atom stereocenters. The molecule has 1 aromatic heterocycles. The van der Waals surface area contributed by atoms with Crippen molar-refractivity contribution >= 4 is 22.9 Å². The Kier molecular flexibility index (Phi) is 4.36. The molecule has 21 heavy (non-hydrogen) atoms. The molecule has 0 N–H and O–H groups in total. The zero-order valence-electron chi connectivity index (χ0n) is 12.2. The second kappa shape index (κ2) is 6.41. The Hall–Kier alpha value is -1.65. The van der Waals surface area contributed by atoms with Crippen molar-refractivity contribution in [3.63, 3.8) is 0 Å². The van der Waals surface area contributed by atoms with E-state index in [4.69, 9.17) is 0 Å². The normalized spacial score (nSPS) is 14.4. The number of carbonyl (C=O) groups is 1. The molecule has 0 saturated heterocycles. The van der Waals surface area contributed by atoms with Gasteiger partial charge in [0.15, 0.2) is 0 Å². The van der Waals surface area contributed by atoms with Crippen LogP contribution in [-0.2, 0) is 11.3 Å². The van der Waals surface area contributed by atoms with Gasteiger partial charge in [0.2, 0.25) is 5.91 Å². The number of hydrogen-bond donors (Lipinski definition) is 0. The maximum absolute atomic E-state index is 12.5. The molecule has 1 aliphatic carbocycles. The fourth-order valence-electron chi connectivity index (χ4n) is 2.43. The second-order valence-electron chi connectivity index (χ2n) is 5.50. The van der Waals surface area contributed by atoms with Gasteiger partial charge in [-0.2, -0.15) is 0 Å². The van der Waals surface area contributed by atoms with Crippen LogP contribution in [0.5, 0.6) is 0 Å². The fraction of sp³-hybridized carbons (Fsp3) is 0.353. The third-order valence-corrected chi connectivity index (χ3v) is 4.72. The van der Waals surface area contributed by atoms with Crippen LogP contribution in [0.1, 0.15) is 17.7 Å². The van der Waals surface area contributed by atoms with Gasteiger partial charge in [0.05, 0.1) is 6.54 Å². The molecule has 0 bridgehead atoms. The maximum Gasteiger partial charge on any atom is 0.240 e. The number of hydrogen-bond acceptors (Lipinski definition) is 3. The summed E-state index contributed by atoms with van der Waals surface area (Å²) < 4.78 is 0. The molecular weight excluding hydrogens is 280 g/mol. The van der Waals surface area contributed by atoms with Crippen LogP contribution in [0, 0.1) is 0 Å². The summed E-state index contributed by atoms with van der Waals surface area (Å²) in [5.74, 6) is 0.157. The van der Waals surface area contributed by atoms with Crippen LogP contribution in [0.15, 0.2) is 47.8 Å². The third kappa shape index (κ3) is 3.71. The van der Waals surface area contributed by atoms with E-state index in [-0.39, 0.29) is 5.91 Å². The molecule has 0 aliphatic heterocycles. The van der Waals surface area contributed by atoms with Gasteiger partial charge in [-0.05, 0) is 36.4 Å². The molecule has 3 nitrogen and oxygen atoms in total. The van der Waals surface area contributed by atoms with Crippen molar-refractivity contribution in [3.05, 3.63) is 52.7 Å². The fourth-order valence-corrected chi connectivity index (χ4v) is 3.16. The molecule has 3 rings (SSSR count). The molecule has 2 aromatic rings. The molecule has 0 radical (unpaired) electrons. The van der Waals surface area contributed by atoms with Gasteiger partial charge in [-0.3, -0.25) is 9.69 Å². The lowest BCUT2D eigenvalue weighted by Crippen LogP contribution is -2.39. The highest BCUT2D eigenvalue weighted by Crippen LogP contribution is 2.29. The number of amides is 1. The van der Waals surface area contributed by atoms with E-state index < -0.39 is 0 Å². The van der Waals surface area contributed by atoms with Crippen LogP contribution in [-0.4, -0.2) is 30.4 Å². The summed E-state index contributed by atoms with van der Waals surface area (Å²) in [6.07, 6.45) is 2.43. The molecule has 1 fully saturated rings. The average Bonchev–Trinajstić information content (AvgIpc) is 3.24. The smallest absolute Gasteiger partial charge is 0.240 e. The predicted octanol–water partition coefficient (Wildman–Crippen LogP) is 3.38. The van der Waals surface area contributed by atoms with Crippen molar-refractivity contribution in [1.29, 1.82) is 0 Å². The van der Waals surface area contributed by atoms with Crippen LogP contribution < -0.4 is 4.90 Å². The summed E-state index contributed by atoms with van der Waals surface area (Å²) in [6.45, 7) is 1.38. The number of para-hydroxylation sites is 1. The minimum atomic E-state index is 0.157. The van der Waals surface area contributed by atoms with Gasteiger partial charge in [-0.1, -0.05) is 24.3 Å². The second-order valence-corrected chi connectivity index (χ2v) is 6.54. The first-order valence-corrected chi connectivity index (χ1v) is 8.20. The molecule has 1 aromatic carbocycles. The summed E-state index contributed by atoms with van der Waals surface area (Å²) in [5, 5.41) is 2.10. The zero-order chi connectivity index (χ0) is 14.7. The number of benzene rings is 1. The van der Waals surface area contributed by atoms with Gasteiger partial charge in [0, 0.05) is 30.2 Å². The first-order valence-electron chi connectivity index (χ1n) is 7.32. The van der Waals surface area contributed by atoms with Gasteiger partial charge in [0.25, 0.3) is 0 Å². The number of thiophene rings is 1. The quantitative estimate of drug-likeness (QED) is 0.816. The van der Waals surface area contributed by atoms with Crippen LogP contribution >= 0.6 is 11.3 Å². The minimum absolute atomic E-state index is 0.157. The van der Waals surface area contributed by atoms with Crippen LogP contribution in [0.25, 0.3) is 0 Å². The van der Waals surface area contributed by atoms with E-state index in [1.807, 2.05) is 37.4 Å². The van der Waals surface area contributed by atoms with Gasteiger partial charge >= 0.3 is 0 Å². The zero-order valence-corrected chi connectivity index (χ0v) is 13.1. The van der Waals surface area contributed by atoms with Crippen molar-refractivity contribution in [2.45, 2.75) is 25.4 Å². The molecule has 0 unspecified atom stereocenters. The molecule has 1 heterocycles. The van der Waals surface area contributed by atoms with Crippen molar-refractivity contribution in [2.75, 3.05) is 18.5 Å². The summed E-state index contributed by atoms with van der Waals surface area (Å²) in [4.78, 5) is 17.9. The summed E-state index contributed by atoms with van der Waals surface area (Å²) in [6, 6.07) is 14.6. The highest BCUT2D eigenvalue weighted by atomic mass is 32.1. The molecule has 4 heteroatoms. The number of rotatable bonds is 6. The van der Waals surface area contributed by atoms with Crippen LogP contribution in [0.3, 0.4) is 0 Å². The summed E-state index contributed by atoms with van der Waals surface area (Å²) in [7, 11) is 1.86. The molecule has 1 saturated carbocycles. The lowest BCUT2D eigenvalue weighted by atomic mass is 10.3. The SMILES string of the molecule is CN(C(=O)CN(Cc1cccs1)C1CC1)c1ccccc1. The van der Waals surface area contributed by atoms with Gasteiger partial charge in [-0.25, -0.2) is 0 Å². The van der Waals surface area contributed by atoms with E-state index >= 15 is 0 Å². The van der Waals surface area contributed by atoms with Crippen LogP contribution in [0.2, 0.25) is 0 Å². The van der Waals surface area contributed by atoms with E-state index in [0.29, 0.717) is 12.6 Å². The van der Waals surface area contributed by atoms with Gasteiger partial charge < -0.3 is 4.90 Å². The van der Waals surface area contributed by atoms with Gasteiger partial charge in [0.1, 0.15) is 0 Å². The lowest BCUT2D eigenvalue weighted by molar-refractivity contribution is -0.119. The Balaban J connectivity index is 1.64. The van der Waals surface area contributed by atoms with E-state index in [1.165, 1.54) is 17.7 Å². The van der Waals surface area contributed by atoms with Gasteiger partial charge in [-0.15, -0.1) is 11.3 Å². The summed E-state index contributed by atoms with van der Waals surface area (Å²) >= 11 is 1.76. The molecule has 110 valence electrons. The average molecular weight is 300 g/mol. The topological polar surface area (TPSA) is 23.6 Å². The van der Waals surface area contributed by atoms with Crippen molar-refractivity contribution < 1.29 is 4.79 Å². The molecule has 0 spiro atoms. The first kappa shape index (κ1) is 14.3. The minimum Gasteiger partial charge on any atom is -0.314 e. The Labute approximate surface area is 129 Å². The Morgan fingerprint density at radius 3 is 2.57 bits per heavy atom. The monoisotopic (exact) mass is 300 g/mol. The predicted molar refractivity (Wildman–Crippen MR) is 87.6 cm³/mol. The standard InChI is InChI=1S/C17H20N2OS/c1-18(14-6-3-2-4-7-14)17(20)13-19(15-9-10-15)12-16-8-5-11-21-16/h2-8,11,15H,9-10,12-13H2,1H3. The summed E-state index contributed by atoms with van der Waals surface area (Å²) in [5.41, 5.74) is 0.953. The maximum atomic E-state index is 12.5.